The van der Waals surface area contributed by atoms with E-state index >= 15 is 0 Å². The highest BCUT2D eigenvalue weighted by atomic mass is 16.4. The Labute approximate surface area is 125 Å². The highest BCUT2D eigenvalue weighted by Gasteiger charge is 2.11. The Balaban J connectivity index is 1.93. The molecule has 0 aliphatic carbocycles. The van der Waals surface area contributed by atoms with E-state index in [1.54, 1.807) is 0 Å². The molecule has 0 bridgehead atoms. The number of nitrogens with one attached hydrogen (secondary N) is 1. The molecule has 0 unspecified atom stereocenters. The summed E-state index contributed by atoms with van der Waals surface area (Å²) in [6, 6.07) is 14.1. The fraction of sp³-hybridized carbons (Fsp3) is 0.353. The highest BCUT2D eigenvalue weighted by Crippen LogP contribution is 2.23. The highest BCUT2D eigenvalue weighted by molar-refractivity contribution is 5.86. The molecule has 4 N–H and O–H groups in total. The van der Waals surface area contributed by atoms with Crippen molar-refractivity contribution in [2.24, 2.45) is 5.73 Å². The number of hydrogen-bond acceptors (Lipinski definition) is 3. The quantitative estimate of drug-likeness (QED) is 0.684. The van der Waals surface area contributed by atoms with Gasteiger partial charge in [-0.3, -0.25) is 4.79 Å². The Morgan fingerprint density at radius 2 is 1.95 bits per heavy atom. The van der Waals surface area contributed by atoms with Gasteiger partial charge in [0, 0.05) is 6.04 Å². The predicted molar refractivity (Wildman–Crippen MR) is 85.2 cm³/mol. The first-order valence-corrected chi connectivity index (χ1v) is 7.29. The maximum atomic E-state index is 10.6. The zero-order chi connectivity index (χ0) is 15.2. The number of carbonyl (C=O) groups is 1. The third-order valence-corrected chi connectivity index (χ3v) is 3.75. The molecule has 0 aliphatic heterocycles. The molecule has 0 spiro atoms. The lowest BCUT2D eigenvalue weighted by Crippen LogP contribution is -2.31. The minimum Gasteiger partial charge on any atom is -0.480 e. The van der Waals surface area contributed by atoms with Crippen molar-refractivity contribution in [1.82, 2.24) is 5.32 Å². The molecule has 4 nitrogen and oxygen atoms in total. The number of rotatable bonds is 7. The van der Waals surface area contributed by atoms with Gasteiger partial charge < -0.3 is 16.2 Å². The van der Waals surface area contributed by atoms with Crippen molar-refractivity contribution < 1.29 is 9.90 Å². The standard InChI is InChI=1S/C17H22N2O2/c1-12(19-11-5-10-16(18)17(20)21)14-9-4-7-13-6-2-3-8-15(13)14/h2-4,6-9,12,16,19H,5,10-11,18H2,1H3,(H,20,21)/t12-,16-/m1/s1. The van der Waals surface area contributed by atoms with Gasteiger partial charge in [-0.2, -0.15) is 0 Å². The summed E-state index contributed by atoms with van der Waals surface area (Å²) in [5.41, 5.74) is 6.75. The van der Waals surface area contributed by atoms with Crippen LogP contribution in [0.25, 0.3) is 10.8 Å². The smallest absolute Gasteiger partial charge is 0.320 e. The summed E-state index contributed by atoms with van der Waals surface area (Å²) in [7, 11) is 0. The number of fused-ring (bicyclic) bond motifs is 1. The second-order valence-corrected chi connectivity index (χ2v) is 5.33. The van der Waals surface area contributed by atoms with Gasteiger partial charge in [-0.1, -0.05) is 42.5 Å². The van der Waals surface area contributed by atoms with E-state index in [0.29, 0.717) is 6.42 Å². The summed E-state index contributed by atoms with van der Waals surface area (Å²) in [5.74, 6) is -0.933. The van der Waals surface area contributed by atoms with E-state index in [1.807, 2.05) is 12.1 Å². The molecule has 0 aliphatic rings. The SMILES string of the molecule is C[C@@H](NCCC[C@@H](N)C(=O)O)c1cccc2ccccc12. The van der Waals surface area contributed by atoms with Crippen LogP contribution in [0.3, 0.4) is 0 Å². The molecule has 2 aromatic carbocycles. The topological polar surface area (TPSA) is 75.3 Å². The molecule has 0 radical (unpaired) electrons. The van der Waals surface area contributed by atoms with Crippen LogP contribution in [0.2, 0.25) is 0 Å². The average Bonchev–Trinajstić information content (AvgIpc) is 2.50. The molecule has 0 amide bonds. The number of aliphatic carboxylic acids is 1. The second-order valence-electron chi connectivity index (χ2n) is 5.33. The molecular weight excluding hydrogens is 264 g/mol. The van der Waals surface area contributed by atoms with E-state index in [4.69, 9.17) is 10.8 Å². The van der Waals surface area contributed by atoms with Crippen LogP contribution in [0.4, 0.5) is 0 Å². The van der Waals surface area contributed by atoms with Gasteiger partial charge in [-0.05, 0) is 42.6 Å². The third-order valence-electron chi connectivity index (χ3n) is 3.75. The monoisotopic (exact) mass is 286 g/mol. The third kappa shape index (κ3) is 4.03. The molecule has 2 atom stereocenters. The molecule has 21 heavy (non-hydrogen) atoms. The van der Waals surface area contributed by atoms with Crippen molar-refractivity contribution in [3.05, 3.63) is 48.0 Å². The van der Waals surface area contributed by atoms with Crippen molar-refractivity contribution in [2.45, 2.75) is 31.8 Å². The van der Waals surface area contributed by atoms with Gasteiger partial charge in [0.2, 0.25) is 0 Å². The average molecular weight is 286 g/mol. The molecule has 0 heterocycles. The maximum absolute atomic E-state index is 10.6. The van der Waals surface area contributed by atoms with Crippen LogP contribution in [0.5, 0.6) is 0 Å². The van der Waals surface area contributed by atoms with Gasteiger partial charge in [-0.15, -0.1) is 0 Å². The minimum atomic E-state index is -0.933. The molecule has 4 heteroatoms. The lowest BCUT2D eigenvalue weighted by atomic mass is 9.99. The minimum absolute atomic E-state index is 0.220. The van der Waals surface area contributed by atoms with Crippen molar-refractivity contribution in [3.63, 3.8) is 0 Å². The molecule has 112 valence electrons. The number of carboxylic acids is 1. The Morgan fingerprint density at radius 1 is 1.24 bits per heavy atom. The van der Waals surface area contributed by atoms with Crippen LogP contribution < -0.4 is 11.1 Å². The van der Waals surface area contributed by atoms with Crippen LogP contribution in [0.15, 0.2) is 42.5 Å². The van der Waals surface area contributed by atoms with Crippen LogP contribution in [-0.2, 0) is 4.79 Å². The normalized spacial score (nSPS) is 14.0. The van der Waals surface area contributed by atoms with Crippen molar-refractivity contribution in [3.8, 4) is 0 Å². The van der Waals surface area contributed by atoms with Crippen LogP contribution in [0.1, 0.15) is 31.4 Å². The number of carboxylic acid groups (broad SMARTS) is 1. The summed E-state index contributed by atoms with van der Waals surface area (Å²) in [6.45, 7) is 2.88. The van der Waals surface area contributed by atoms with Gasteiger partial charge >= 0.3 is 5.97 Å². The van der Waals surface area contributed by atoms with E-state index in [1.165, 1.54) is 16.3 Å². The van der Waals surface area contributed by atoms with Crippen LogP contribution in [-0.4, -0.2) is 23.7 Å². The largest absolute Gasteiger partial charge is 0.480 e. The number of benzene rings is 2. The first kappa shape index (κ1) is 15.5. The van der Waals surface area contributed by atoms with E-state index in [9.17, 15) is 4.79 Å². The Kier molecular flexibility index (Phi) is 5.31. The Bertz CT molecular complexity index is 607. The van der Waals surface area contributed by atoms with Crippen molar-refractivity contribution in [2.75, 3.05) is 6.54 Å². The van der Waals surface area contributed by atoms with Crippen molar-refractivity contribution in [1.29, 1.82) is 0 Å². The summed E-state index contributed by atoms with van der Waals surface area (Å²) in [5, 5.41) is 14.7. The van der Waals surface area contributed by atoms with E-state index in [-0.39, 0.29) is 6.04 Å². The Morgan fingerprint density at radius 3 is 2.71 bits per heavy atom. The van der Waals surface area contributed by atoms with Crippen molar-refractivity contribution >= 4 is 16.7 Å². The second kappa shape index (κ2) is 7.20. The fourth-order valence-electron chi connectivity index (χ4n) is 2.50. The van der Waals surface area contributed by atoms with Gasteiger partial charge in [0.1, 0.15) is 6.04 Å². The summed E-state index contributed by atoms with van der Waals surface area (Å²) < 4.78 is 0. The van der Waals surface area contributed by atoms with Gasteiger partial charge in [0.15, 0.2) is 0 Å². The molecule has 0 saturated carbocycles. The Hall–Kier alpha value is -1.91. The number of hydrogen-bond donors (Lipinski definition) is 3. The molecule has 2 aromatic rings. The number of nitrogens with two attached hydrogens (primary N) is 1. The first-order valence-electron chi connectivity index (χ1n) is 7.29. The molecule has 0 fully saturated rings. The van der Waals surface area contributed by atoms with E-state index in [2.05, 4.69) is 42.6 Å². The summed E-state index contributed by atoms with van der Waals surface area (Å²) >= 11 is 0. The van der Waals surface area contributed by atoms with E-state index in [0.717, 1.165) is 13.0 Å². The van der Waals surface area contributed by atoms with Gasteiger partial charge in [0.25, 0.3) is 0 Å². The van der Waals surface area contributed by atoms with Gasteiger partial charge in [-0.25, -0.2) is 0 Å². The summed E-state index contributed by atoms with van der Waals surface area (Å²) in [4.78, 5) is 10.6. The molecular formula is C17H22N2O2. The zero-order valence-electron chi connectivity index (χ0n) is 12.3. The lowest BCUT2D eigenvalue weighted by molar-refractivity contribution is -0.138. The molecule has 0 saturated heterocycles. The summed E-state index contributed by atoms with van der Waals surface area (Å²) in [6.07, 6.45) is 1.24. The van der Waals surface area contributed by atoms with E-state index < -0.39 is 12.0 Å². The van der Waals surface area contributed by atoms with Crippen LogP contribution in [0, 0.1) is 0 Å². The molecule has 0 aromatic heterocycles. The maximum Gasteiger partial charge on any atom is 0.320 e. The zero-order valence-corrected chi connectivity index (χ0v) is 12.3. The lowest BCUT2D eigenvalue weighted by Gasteiger charge is -2.17. The van der Waals surface area contributed by atoms with Crippen LogP contribution >= 0.6 is 0 Å². The van der Waals surface area contributed by atoms with Gasteiger partial charge in [0.05, 0.1) is 0 Å². The first-order chi connectivity index (χ1) is 10.1. The molecule has 2 rings (SSSR count). The fourth-order valence-corrected chi connectivity index (χ4v) is 2.50. The predicted octanol–water partition coefficient (Wildman–Crippen LogP) is 2.68.